The minimum absolute atomic E-state index is 0.632. The molecule has 0 aliphatic heterocycles. The molecular formula is C31H76F6O9P4. The van der Waals surface area contributed by atoms with Crippen molar-refractivity contribution in [2.75, 3.05) is 13.3 Å². The van der Waals surface area contributed by atoms with Crippen molar-refractivity contribution in [3.05, 3.63) is 0 Å². The van der Waals surface area contributed by atoms with Crippen LogP contribution >= 0.6 is 30.9 Å². The maximum atomic E-state index is 10.9. The van der Waals surface area contributed by atoms with Gasteiger partial charge in [0.05, 0.1) is 0 Å². The van der Waals surface area contributed by atoms with E-state index in [4.69, 9.17) is 42.7 Å². The van der Waals surface area contributed by atoms with E-state index in [0.29, 0.717) is 13.3 Å². The second-order valence-corrected chi connectivity index (χ2v) is 16.9. The molecule has 3 unspecified atom stereocenters. The van der Waals surface area contributed by atoms with Gasteiger partial charge in [0.2, 0.25) is 0 Å². The first-order valence-corrected chi connectivity index (χ1v) is 24.8. The maximum absolute atomic E-state index is 10.9. The largest absolute Gasteiger partial charge is 0.507 e. The molecule has 0 amide bonds. The molecule has 0 bridgehead atoms. The standard InChI is InChI=1S/4C4H8.4C3H8.CH2F3O2P.2CH4FO2P.FH2O3P/c4*1-2-4-3-1;4*1-3-2;2-1(3)7(4,5)6;3*1-5(2,3)4/h4*1-4H2;4*3H2,1-2H3;1H,(H,5,6);2*1H3,(H,3,4);(H2,2,3,4). The summed E-state index contributed by atoms with van der Waals surface area (Å²) >= 11 is 0. The van der Waals surface area contributed by atoms with Crippen LogP contribution < -0.4 is 0 Å². The third-order valence-corrected chi connectivity index (χ3v) is 4.72. The molecule has 3 atom stereocenters. The van der Waals surface area contributed by atoms with Crippen molar-refractivity contribution in [2.45, 2.75) is 190 Å². The first kappa shape index (κ1) is 68.3. The zero-order valence-electron chi connectivity index (χ0n) is 32.6. The molecule has 0 aromatic heterocycles. The molecule has 4 rings (SSSR count). The normalized spacial score (nSPS) is 17.3. The van der Waals surface area contributed by atoms with Gasteiger partial charge >= 0.3 is 37.1 Å². The van der Waals surface area contributed by atoms with Crippen LogP contribution in [0.1, 0.15) is 184 Å². The van der Waals surface area contributed by atoms with Crippen molar-refractivity contribution < 1.29 is 68.3 Å². The van der Waals surface area contributed by atoms with Crippen LogP contribution in [0.5, 0.6) is 0 Å². The van der Waals surface area contributed by atoms with Gasteiger partial charge in [0.25, 0.3) is 0 Å². The highest BCUT2D eigenvalue weighted by Crippen LogP contribution is 2.49. The number of hydrogen-bond acceptors (Lipinski definition) is 4. The Morgan fingerprint density at radius 3 is 0.440 bits per heavy atom. The summed E-state index contributed by atoms with van der Waals surface area (Å²) in [4.78, 5) is 36.0. The second kappa shape index (κ2) is 51.4. The molecular weight excluding hydrogens is 754 g/mol. The Morgan fingerprint density at radius 1 is 0.400 bits per heavy atom. The quantitative estimate of drug-likeness (QED) is 0.127. The summed E-state index contributed by atoms with van der Waals surface area (Å²) in [5, 5.41) is 0. The summed E-state index contributed by atoms with van der Waals surface area (Å²) in [6.45, 7) is 18.3. The van der Waals surface area contributed by atoms with E-state index in [1.807, 2.05) is 0 Å². The summed E-state index contributed by atoms with van der Waals surface area (Å²) in [7, 11) is -19.0. The van der Waals surface area contributed by atoms with Crippen molar-refractivity contribution in [3.8, 4) is 0 Å². The summed E-state index contributed by atoms with van der Waals surface area (Å²) in [5.41, 5.74) is 0. The van der Waals surface area contributed by atoms with Crippen LogP contribution in [0.3, 0.4) is 0 Å². The van der Waals surface area contributed by atoms with Gasteiger partial charge in [0.15, 0.2) is 0 Å². The molecule has 5 N–H and O–H groups in total. The van der Waals surface area contributed by atoms with E-state index >= 15 is 0 Å². The highest BCUT2D eigenvalue weighted by atomic mass is 31.2. The van der Waals surface area contributed by atoms with Crippen molar-refractivity contribution in [3.63, 3.8) is 0 Å². The molecule has 4 aliphatic carbocycles. The Morgan fingerprint density at radius 2 is 0.440 bits per heavy atom. The fourth-order valence-electron chi connectivity index (χ4n) is 1.000. The average Bonchev–Trinajstić information content (AvgIpc) is 2.66. The lowest BCUT2D eigenvalue weighted by Gasteiger charge is -2.05. The van der Waals surface area contributed by atoms with E-state index in [0.717, 1.165) is 0 Å². The summed E-state index contributed by atoms with van der Waals surface area (Å²) in [6.07, 6.45) is 25.2. The lowest BCUT2D eigenvalue weighted by atomic mass is 10.0. The van der Waals surface area contributed by atoms with Crippen LogP contribution in [-0.4, -0.2) is 44.0 Å². The van der Waals surface area contributed by atoms with Gasteiger partial charge in [-0.2, -0.15) is 21.4 Å². The predicted molar refractivity (Wildman–Crippen MR) is 202 cm³/mol. The van der Waals surface area contributed by atoms with Crippen molar-refractivity contribution in [1.29, 1.82) is 0 Å². The molecule has 19 heteroatoms. The topological polar surface area (TPSA) is 169 Å². The molecule has 9 nitrogen and oxygen atoms in total. The van der Waals surface area contributed by atoms with Crippen LogP contribution in [0.2, 0.25) is 0 Å². The molecule has 4 aliphatic rings. The van der Waals surface area contributed by atoms with Crippen LogP contribution in [0.25, 0.3) is 0 Å². The first-order valence-electron chi connectivity index (χ1n) is 17.7. The van der Waals surface area contributed by atoms with Gasteiger partial charge in [-0.05, 0) is 0 Å². The SMILES string of the molecule is C1CCC1.C1CCC1.C1CCC1.C1CCC1.CCC.CCC.CCC.CCC.CP(=O)(O)F.CP(=O)(O)F.O=P(O)(F)C(F)F.O=P(O)(O)F. The molecule has 50 heavy (non-hydrogen) atoms. The van der Waals surface area contributed by atoms with E-state index in [2.05, 4.69) is 55.4 Å². The van der Waals surface area contributed by atoms with Gasteiger partial charge in [-0.25, -0.2) is 9.13 Å². The van der Waals surface area contributed by atoms with E-state index in [-0.39, 0.29) is 0 Å². The Bertz CT molecular complexity index is 635. The van der Waals surface area contributed by atoms with Gasteiger partial charge in [-0.3, -0.25) is 18.9 Å². The first-order chi connectivity index (χ1) is 22.6. The molecule has 0 spiro atoms. The van der Waals surface area contributed by atoms with E-state index < -0.39 is 37.1 Å². The van der Waals surface area contributed by atoms with Gasteiger partial charge < -0.3 is 14.7 Å². The van der Waals surface area contributed by atoms with Gasteiger partial charge in [0, 0.05) is 13.3 Å². The fourth-order valence-corrected chi connectivity index (χ4v) is 1.000. The second-order valence-electron chi connectivity index (χ2n) is 11.3. The highest BCUT2D eigenvalue weighted by Gasteiger charge is 2.29. The van der Waals surface area contributed by atoms with E-state index in [9.17, 15) is 25.6 Å². The van der Waals surface area contributed by atoms with Crippen LogP contribution in [-0.2, 0) is 18.3 Å². The minimum Gasteiger partial charge on any atom is -0.321 e. The van der Waals surface area contributed by atoms with Crippen LogP contribution in [0.15, 0.2) is 0 Å². The number of alkyl halides is 2. The Labute approximate surface area is 302 Å². The Kier molecular flexibility index (Phi) is 70.2. The maximum Gasteiger partial charge on any atom is 0.507 e. The molecule has 0 radical (unpaired) electrons. The van der Waals surface area contributed by atoms with Gasteiger partial charge in [-0.1, -0.05) is 184 Å². The zero-order chi connectivity index (χ0) is 41.7. The molecule has 316 valence electrons. The monoisotopic (exact) mass is 830 g/mol. The average molecular weight is 831 g/mol. The summed E-state index contributed by atoms with van der Waals surface area (Å²) < 4.78 is 100. The lowest BCUT2D eigenvalue weighted by molar-refractivity contribution is 0.199. The fraction of sp³-hybridized carbons (Fsp3) is 1.00. The minimum atomic E-state index is -5.57. The van der Waals surface area contributed by atoms with E-state index in [1.54, 1.807) is 0 Å². The van der Waals surface area contributed by atoms with Gasteiger partial charge in [-0.15, -0.1) is 4.20 Å². The molecule has 0 heterocycles. The van der Waals surface area contributed by atoms with Crippen molar-refractivity contribution >= 4 is 30.9 Å². The Hall–Kier alpha value is 0.300. The van der Waals surface area contributed by atoms with E-state index in [1.165, 1.54) is 128 Å². The van der Waals surface area contributed by atoms with Crippen LogP contribution in [0, 0.1) is 0 Å². The van der Waals surface area contributed by atoms with Crippen molar-refractivity contribution in [2.24, 2.45) is 0 Å². The molecule has 4 saturated carbocycles. The molecule has 0 aromatic rings. The summed E-state index contributed by atoms with van der Waals surface area (Å²) in [5.74, 6) is 0. The van der Waals surface area contributed by atoms with Crippen LogP contribution in [0.4, 0.5) is 25.6 Å². The summed E-state index contributed by atoms with van der Waals surface area (Å²) in [6, 6.07) is 0. The van der Waals surface area contributed by atoms with Crippen molar-refractivity contribution in [1.82, 2.24) is 0 Å². The number of halogens is 6. The smallest absolute Gasteiger partial charge is 0.321 e. The molecule has 0 aromatic carbocycles. The van der Waals surface area contributed by atoms with Gasteiger partial charge in [0.1, 0.15) is 0 Å². The third kappa shape index (κ3) is 217. The Balaban J connectivity index is -0.0000000647. The predicted octanol–water partition coefficient (Wildman–Crippen LogP) is 14.9. The molecule has 0 saturated heterocycles. The highest BCUT2D eigenvalue weighted by molar-refractivity contribution is 7.52. The number of hydrogen-bond donors (Lipinski definition) is 5. The molecule has 4 fully saturated rings. The number of rotatable bonds is 1. The zero-order valence-corrected chi connectivity index (χ0v) is 36.2. The lowest BCUT2D eigenvalue weighted by Crippen LogP contribution is -1.85. The third-order valence-electron chi connectivity index (χ3n) is 4.24.